The summed E-state index contributed by atoms with van der Waals surface area (Å²) in [4.78, 5) is 0. The maximum absolute atomic E-state index is 4.51. The number of hydrogen-bond donors (Lipinski definition) is 0. The zero-order valence-corrected chi connectivity index (χ0v) is 34.6. The Bertz CT molecular complexity index is 1380. The summed E-state index contributed by atoms with van der Waals surface area (Å²) in [5, 5.41) is 9.01. The molecule has 2 aromatic heterocycles. The highest BCUT2D eigenvalue weighted by molar-refractivity contribution is 5.41. The van der Waals surface area contributed by atoms with Gasteiger partial charge in [0.25, 0.3) is 0 Å². The quantitative estimate of drug-likeness (QED) is 0.0272. The Balaban J connectivity index is 1.04. The van der Waals surface area contributed by atoms with Crippen molar-refractivity contribution in [1.29, 1.82) is 0 Å². The average Bonchev–Trinajstić information content (AvgIpc) is 3.85. The normalized spacial score (nSPS) is 11.7. The van der Waals surface area contributed by atoms with E-state index in [9.17, 15) is 0 Å². The van der Waals surface area contributed by atoms with Crippen LogP contribution in [0.5, 0.6) is 0 Å². The number of nitrogens with zero attached hydrogens (tertiary/aromatic N) is 6. The third kappa shape index (κ3) is 19.2. The Hall–Kier alpha value is -3.54. The molecule has 6 nitrogen and oxygen atoms in total. The zero-order chi connectivity index (χ0) is 37.7. The minimum atomic E-state index is 0.866. The lowest BCUT2D eigenvalue weighted by Gasteiger charge is -2.02. The van der Waals surface area contributed by atoms with Gasteiger partial charge in [-0.05, 0) is 61.1 Å². The monoisotopic (exact) mass is 737 g/mol. The van der Waals surface area contributed by atoms with Crippen LogP contribution in [0.4, 0.5) is 11.4 Å². The summed E-state index contributed by atoms with van der Waals surface area (Å²) in [6, 6.07) is 16.9. The van der Waals surface area contributed by atoms with Crippen molar-refractivity contribution in [3.05, 3.63) is 97.1 Å². The lowest BCUT2D eigenvalue weighted by Crippen LogP contribution is -2.31. The highest BCUT2D eigenvalue weighted by Crippen LogP contribution is 2.20. The van der Waals surface area contributed by atoms with Crippen LogP contribution < -0.4 is 9.13 Å². The molecule has 2 aromatic carbocycles. The van der Waals surface area contributed by atoms with Gasteiger partial charge in [0.05, 0.1) is 24.5 Å². The van der Waals surface area contributed by atoms with Gasteiger partial charge in [-0.15, -0.1) is 0 Å². The van der Waals surface area contributed by atoms with Crippen molar-refractivity contribution in [3.63, 3.8) is 0 Å². The maximum Gasteiger partial charge on any atom is 0.244 e. The van der Waals surface area contributed by atoms with Crippen LogP contribution in [-0.4, -0.2) is 9.13 Å². The zero-order valence-electron chi connectivity index (χ0n) is 34.6. The summed E-state index contributed by atoms with van der Waals surface area (Å²) in [6.07, 6.45) is 46.7. The van der Waals surface area contributed by atoms with Gasteiger partial charge in [-0.3, -0.25) is 0 Å². The Morgan fingerprint density at radius 1 is 0.389 bits per heavy atom. The third-order valence-electron chi connectivity index (χ3n) is 10.9. The minimum absolute atomic E-state index is 0.866. The highest BCUT2D eigenvalue weighted by atomic mass is 15.1. The average molecular weight is 737 g/mol. The fourth-order valence-electron chi connectivity index (χ4n) is 7.47. The fraction of sp³-hybridized carbons (Fsp3) is 0.625. The smallest absolute Gasteiger partial charge is 0.237 e. The van der Waals surface area contributed by atoms with Gasteiger partial charge in [0, 0.05) is 0 Å². The van der Waals surface area contributed by atoms with Gasteiger partial charge >= 0.3 is 0 Å². The number of azo groups is 1. The SMILES string of the molecule is CCCCCCCCCCCCCCn1cc[n+](Cc2ccc(N=Nc3ccc(C[n+]4ccn(CCCCCCCCCCCCCC)c4)cc3)cc2)c1. The number of aromatic nitrogens is 4. The van der Waals surface area contributed by atoms with Crippen molar-refractivity contribution in [3.8, 4) is 0 Å². The van der Waals surface area contributed by atoms with Crippen molar-refractivity contribution in [1.82, 2.24) is 9.13 Å². The second kappa shape index (κ2) is 28.0. The first kappa shape index (κ1) is 43.2. The molecule has 0 radical (unpaired) electrons. The summed E-state index contributed by atoms with van der Waals surface area (Å²) in [6.45, 7) is 8.53. The van der Waals surface area contributed by atoms with Gasteiger partial charge < -0.3 is 0 Å². The Labute approximate surface area is 330 Å². The molecular weight excluding hydrogens is 661 g/mol. The van der Waals surface area contributed by atoms with Gasteiger partial charge in [-0.25, -0.2) is 18.3 Å². The van der Waals surface area contributed by atoms with Crippen molar-refractivity contribution in [2.45, 2.75) is 194 Å². The van der Waals surface area contributed by atoms with E-state index in [2.05, 4.69) is 128 Å². The molecule has 0 aliphatic heterocycles. The van der Waals surface area contributed by atoms with E-state index in [0.29, 0.717) is 0 Å². The van der Waals surface area contributed by atoms with Crippen LogP contribution in [-0.2, 0) is 26.2 Å². The number of unbranched alkanes of at least 4 members (excludes halogenated alkanes) is 22. The summed E-state index contributed by atoms with van der Waals surface area (Å²) in [7, 11) is 0. The molecule has 0 unspecified atom stereocenters. The molecule has 6 heteroatoms. The number of hydrogen-bond acceptors (Lipinski definition) is 2. The van der Waals surface area contributed by atoms with Gasteiger partial charge in [-0.2, -0.15) is 10.2 Å². The van der Waals surface area contributed by atoms with E-state index in [1.165, 1.54) is 165 Å². The van der Waals surface area contributed by atoms with Gasteiger partial charge in [0.15, 0.2) is 0 Å². The Morgan fingerprint density at radius 2 is 0.685 bits per heavy atom. The van der Waals surface area contributed by atoms with E-state index in [0.717, 1.165) is 37.6 Å². The van der Waals surface area contributed by atoms with E-state index in [4.69, 9.17) is 0 Å². The second-order valence-corrected chi connectivity index (χ2v) is 16.0. The van der Waals surface area contributed by atoms with Crippen LogP contribution in [0, 0.1) is 0 Å². The van der Waals surface area contributed by atoms with Gasteiger partial charge in [-0.1, -0.05) is 167 Å². The van der Waals surface area contributed by atoms with Crippen LogP contribution in [0.15, 0.2) is 96.2 Å². The van der Waals surface area contributed by atoms with Crippen LogP contribution >= 0.6 is 0 Å². The van der Waals surface area contributed by atoms with E-state index in [1.807, 2.05) is 0 Å². The Morgan fingerprint density at radius 3 is 1.00 bits per heavy atom. The highest BCUT2D eigenvalue weighted by Gasteiger charge is 2.07. The third-order valence-corrected chi connectivity index (χ3v) is 10.9. The van der Waals surface area contributed by atoms with Gasteiger partial charge in [0.1, 0.15) is 37.9 Å². The van der Waals surface area contributed by atoms with Crippen LogP contribution in [0.2, 0.25) is 0 Å². The molecule has 0 bridgehead atoms. The first-order valence-electron chi connectivity index (χ1n) is 22.4. The van der Waals surface area contributed by atoms with Crippen LogP contribution in [0.3, 0.4) is 0 Å². The molecule has 0 atom stereocenters. The molecule has 0 fully saturated rings. The number of imidazole rings is 2. The summed E-state index contributed by atoms with van der Waals surface area (Å²) < 4.78 is 9.21. The van der Waals surface area contributed by atoms with E-state index >= 15 is 0 Å². The molecule has 4 rings (SSSR count). The topological polar surface area (TPSA) is 42.3 Å². The molecule has 54 heavy (non-hydrogen) atoms. The molecule has 296 valence electrons. The summed E-state index contributed by atoms with van der Waals surface area (Å²) in [5.74, 6) is 0. The first-order valence-corrected chi connectivity index (χ1v) is 22.4. The molecule has 0 saturated carbocycles. The van der Waals surface area contributed by atoms with E-state index in [1.54, 1.807) is 0 Å². The minimum Gasteiger partial charge on any atom is -0.237 e. The molecule has 0 aliphatic rings. The molecule has 0 N–H and O–H groups in total. The van der Waals surface area contributed by atoms with Gasteiger partial charge in [0.2, 0.25) is 12.7 Å². The standard InChI is InChI=1S/C48H76N6/c1-3-5-7-9-11-13-15-17-19-21-23-25-35-51-37-39-53(43-51)41-45-27-31-47(32-28-45)49-50-48-33-29-46(30-34-48)42-54-40-38-52(44-54)36-26-24-22-20-18-16-14-12-10-8-6-4-2/h27-34,37-40,43-44H,3-26,35-36,41-42H2,1-2H3/q+2. The number of rotatable bonds is 32. The van der Waals surface area contributed by atoms with Crippen LogP contribution in [0.25, 0.3) is 0 Å². The first-order chi connectivity index (χ1) is 26.7. The number of benzene rings is 2. The molecule has 0 amide bonds. The lowest BCUT2D eigenvalue weighted by molar-refractivity contribution is -0.688. The predicted octanol–water partition coefficient (Wildman–Crippen LogP) is 13.8. The van der Waals surface area contributed by atoms with Crippen molar-refractivity contribution < 1.29 is 9.13 Å². The largest absolute Gasteiger partial charge is 0.244 e. The fourth-order valence-corrected chi connectivity index (χ4v) is 7.47. The second-order valence-electron chi connectivity index (χ2n) is 16.0. The number of aryl methyl sites for hydroxylation is 2. The Kier molecular flexibility index (Phi) is 22.4. The van der Waals surface area contributed by atoms with Crippen molar-refractivity contribution in [2.75, 3.05) is 0 Å². The van der Waals surface area contributed by atoms with E-state index in [-0.39, 0.29) is 0 Å². The molecule has 4 aromatic rings. The molecular formula is C48H76N6+2. The summed E-state index contributed by atoms with van der Waals surface area (Å²) >= 11 is 0. The van der Waals surface area contributed by atoms with Crippen LogP contribution in [0.1, 0.15) is 179 Å². The predicted molar refractivity (Wildman–Crippen MR) is 227 cm³/mol. The molecule has 2 heterocycles. The van der Waals surface area contributed by atoms with Crippen molar-refractivity contribution >= 4 is 11.4 Å². The maximum atomic E-state index is 4.51. The molecule has 0 spiro atoms. The molecule has 0 saturated heterocycles. The lowest BCUT2D eigenvalue weighted by atomic mass is 10.1. The summed E-state index contributed by atoms with van der Waals surface area (Å²) in [5.41, 5.74) is 4.29. The van der Waals surface area contributed by atoms with Crippen molar-refractivity contribution in [2.24, 2.45) is 10.2 Å². The van der Waals surface area contributed by atoms with E-state index < -0.39 is 0 Å². The molecule has 0 aliphatic carbocycles.